The van der Waals surface area contributed by atoms with Gasteiger partial charge in [-0.2, -0.15) is 5.10 Å². The van der Waals surface area contributed by atoms with E-state index in [1.165, 1.54) is 6.07 Å². The highest BCUT2D eigenvalue weighted by Crippen LogP contribution is 2.25. The molecule has 1 amide bonds. The zero-order chi connectivity index (χ0) is 20.3. The minimum atomic E-state index is -0.449. The van der Waals surface area contributed by atoms with Gasteiger partial charge in [-0.15, -0.1) is 0 Å². The van der Waals surface area contributed by atoms with Gasteiger partial charge >= 0.3 is 0 Å². The number of amides is 1. The van der Waals surface area contributed by atoms with Crippen LogP contribution < -0.4 is 5.32 Å². The van der Waals surface area contributed by atoms with Crippen LogP contribution in [0.5, 0.6) is 0 Å². The molecule has 0 fully saturated rings. The molecule has 28 heavy (non-hydrogen) atoms. The van der Waals surface area contributed by atoms with Crippen LogP contribution in [0, 0.1) is 30.9 Å². The monoisotopic (exact) mass is 378 g/mol. The molecule has 0 aliphatic carbocycles. The third-order valence-electron chi connectivity index (χ3n) is 4.82. The summed E-state index contributed by atoms with van der Waals surface area (Å²) in [6.45, 7) is 5.56. The molecule has 0 aliphatic rings. The second kappa shape index (κ2) is 8.04. The molecule has 1 aromatic heterocycles. The molecule has 7 heteroatoms. The number of hydrogen-bond acceptors (Lipinski definition) is 4. The number of aromatic nitrogens is 2. The number of nitro groups is 1. The maximum absolute atomic E-state index is 12.4. The SMILES string of the molecule is Cc1nn(-c2ccccc2)c(C)c1CCC(=O)Nc1cccc([N+](=O)[O-])c1C. The zero-order valence-electron chi connectivity index (χ0n) is 16.1. The third kappa shape index (κ3) is 3.93. The topological polar surface area (TPSA) is 90.1 Å². The summed E-state index contributed by atoms with van der Waals surface area (Å²) in [6.07, 6.45) is 0.814. The second-order valence-electron chi connectivity index (χ2n) is 6.65. The molecule has 0 aliphatic heterocycles. The summed E-state index contributed by atoms with van der Waals surface area (Å²) in [5.41, 5.74) is 4.82. The predicted octanol–water partition coefficient (Wildman–Crippen LogP) is 4.28. The van der Waals surface area contributed by atoms with Crippen molar-refractivity contribution in [1.82, 2.24) is 9.78 Å². The minimum absolute atomic E-state index is 0.00590. The van der Waals surface area contributed by atoms with Crippen molar-refractivity contribution in [2.75, 3.05) is 5.32 Å². The Labute approximate surface area is 163 Å². The van der Waals surface area contributed by atoms with Gasteiger partial charge in [0.2, 0.25) is 5.91 Å². The smallest absolute Gasteiger partial charge is 0.274 e. The first kappa shape index (κ1) is 19.3. The highest BCUT2D eigenvalue weighted by atomic mass is 16.6. The van der Waals surface area contributed by atoms with E-state index in [1.54, 1.807) is 19.1 Å². The number of benzene rings is 2. The van der Waals surface area contributed by atoms with Crippen LogP contribution in [0.4, 0.5) is 11.4 Å². The number of nitrogens with zero attached hydrogens (tertiary/aromatic N) is 3. The molecule has 1 heterocycles. The van der Waals surface area contributed by atoms with Gasteiger partial charge < -0.3 is 5.32 Å². The number of aryl methyl sites for hydroxylation is 1. The van der Waals surface area contributed by atoms with E-state index in [2.05, 4.69) is 10.4 Å². The van der Waals surface area contributed by atoms with Gasteiger partial charge in [0.15, 0.2) is 0 Å². The predicted molar refractivity (Wildman–Crippen MR) is 108 cm³/mol. The minimum Gasteiger partial charge on any atom is -0.326 e. The summed E-state index contributed by atoms with van der Waals surface area (Å²) >= 11 is 0. The lowest BCUT2D eigenvalue weighted by Gasteiger charge is -2.09. The van der Waals surface area contributed by atoms with Crippen molar-refractivity contribution >= 4 is 17.3 Å². The Morgan fingerprint density at radius 3 is 2.50 bits per heavy atom. The first-order chi connectivity index (χ1) is 13.4. The van der Waals surface area contributed by atoms with Crippen molar-refractivity contribution in [3.8, 4) is 5.69 Å². The maximum atomic E-state index is 12.4. The fraction of sp³-hybridized carbons (Fsp3) is 0.238. The van der Waals surface area contributed by atoms with Gasteiger partial charge in [-0.3, -0.25) is 14.9 Å². The van der Waals surface area contributed by atoms with Crippen LogP contribution >= 0.6 is 0 Å². The number of carbonyl (C=O) groups is 1. The van der Waals surface area contributed by atoms with E-state index < -0.39 is 4.92 Å². The molecule has 3 rings (SSSR count). The third-order valence-corrected chi connectivity index (χ3v) is 4.82. The maximum Gasteiger partial charge on any atom is 0.274 e. The average molecular weight is 378 g/mol. The summed E-state index contributed by atoms with van der Waals surface area (Å²) in [5, 5.41) is 18.4. The molecule has 2 aromatic carbocycles. The Kier molecular flexibility index (Phi) is 5.54. The zero-order valence-corrected chi connectivity index (χ0v) is 16.1. The van der Waals surface area contributed by atoms with Crippen molar-refractivity contribution in [2.45, 2.75) is 33.6 Å². The van der Waals surface area contributed by atoms with E-state index in [0.29, 0.717) is 17.7 Å². The van der Waals surface area contributed by atoms with Crippen LogP contribution in [-0.2, 0) is 11.2 Å². The standard InChI is InChI=1S/C21H22N4O3/c1-14-19(10-7-11-20(14)25(27)28)22-21(26)13-12-18-15(2)23-24(16(18)3)17-8-5-4-6-9-17/h4-11H,12-13H2,1-3H3,(H,22,26). The summed E-state index contributed by atoms with van der Waals surface area (Å²) in [7, 11) is 0. The van der Waals surface area contributed by atoms with Gasteiger partial charge in [-0.1, -0.05) is 24.3 Å². The van der Waals surface area contributed by atoms with Crippen LogP contribution in [0.15, 0.2) is 48.5 Å². The largest absolute Gasteiger partial charge is 0.326 e. The first-order valence-corrected chi connectivity index (χ1v) is 9.03. The lowest BCUT2D eigenvalue weighted by atomic mass is 10.1. The molecule has 0 bridgehead atoms. The van der Waals surface area contributed by atoms with E-state index in [1.807, 2.05) is 48.9 Å². The summed E-state index contributed by atoms with van der Waals surface area (Å²) in [6, 6.07) is 14.5. The Bertz CT molecular complexity index is 1030. The molecule has 3 aromatic rings. The molecule has 144 valence electrons. The van der Waals surface area contributed by atoms with Gasteiger partial charge in [0.05, 0.1) is 27.6 Å². The van der Waals surface area contributed by atoms with Crippen LogP contribution in [-0.4, -0.2) is 20.6 Å². The second-order valence-corrected chi connectivity index (χ2v) is 6.65. The fourth-order valence-corrected chi connectivity index (χ4v) is 3.27. The molecule has 0 saturated heterocycles. The van der Waals surface area contributed by atoms with E-state index in [0.717, 1.165) is 22.6 Å². The van der Waals surface area contributed by atoms with Crippen molar-refractivity contribution in [3.05, 3.63) is 81.2 Å². The van der Waals surface area contributed by atoms with Gasteiger partial charge in [-0.25, -0.2) is 4.68 Å². The van der Waals surface area contributed by atoms with Crippen LogP contribution in [0.2, 0.25) is 0 Å². The van der Waals surface area contributed by atoms with Gasteiger partial charge in [-0.05, 0) is 51.0 Å². The molecule has 7 nitrogen and oxygen atoms in total. The number of anilines is 1. The number of rotatable bonds is 6. The number of carbonyl (C=O) groups excluding carboxylic acids is 1. The van der Waals surface area contributed by atoms with E-state index >= 15 is 0 Å². The molecule has 0 spiro atoms. The van der Waals surface area contributed by atoms with Crippen LogP contribution in [0.1, 0.15) is 28.9 Å². The van der Waals surface area contributed by atoms with E-state index in [-0.39, 0.29) is 18.0 Å². The van der Waals surface area contributed by atoms with Crippen molar-refractivity contribution in [1.29, 1.82) is 0 Å². The highest BCUT2D eigenvalue weighted by molar-refractivity contribution is 5.92. The Morgan fingerprint density at radius 1 is 1.11 bits per heavy atom. The Balaban J connectivity index is 1.72. The molecule has 0 unspecified atom stereocenters. The lowest BCUT2D eigenvalue weighted by molar-refractivity contribution is -0.385. The molecule has 0 radical (unpaired) electrons. The van der Waals surface area contributed by atoms with E-state index in [9.17, 15) is 14.9 Å². The Morgan fingerprint density at radius 2 is 1.82 bits per heavy atom. The molecular weight excluding hydrogens is 356 g/mol. The molecule has 0 atom stereocenters. The van der Waals surface area contributed by atoms with Crippen molar-refractivity contribution < 1.29 is 9.72 Å². The van der Waals surface area contributed by atoms with Gasteiger partial charge in [0, 0.05) is 18.2 Å². The van der Waals surface area contributed by atoms with Gasteiger partial charge in [0.25, 0.3) is 5.69 Å². The van der Waals surface area contributed by atoms with Crippen LogP contribution in [0.3, 0.4) is 0 Å². The number of hydrogen-bond donors (Lipinski definition) is 1. The number of nitro benzene ring substituents is 1. The highest BCUT2D eigenvalue weighted by Gasteiger charge is 2.17. The average Bonchev–Trinajstić information content (AvgIpc) is 2.96. The van der Waals surface area contributed by atoms with Crippen molar-refractivity contribution in [3.63, 3.8) is 0 Å². The molecule has 0 saturated carbocycles. The molecular formula is C21H22N4O3. The summed E-state index contributed by atoms with van der Waals surface area (Å²) in [5.74, 6) is -0.185. The van der Waals surface area contributed by atoms with Gasteiger partial charge in [0.1, 0.15) is 0 Å². The number of para-hydroxylation sites is 1. The quantitative estimate of drug-likeness (QED) is 0.512. The number of nitrogens with one attached hydrogen (secondary N) is 1. The lowest BCUT2D eigenvalue weighted by Crippen LogP contribution is -2.14. The molecule has 1 N–H and O–H groups in total. The van der Waals surface area contributed by atoms with Crippen molar-refractivity contribution in [2.24, 2.45) is 0 Å². The van der Waals surface area contributed by atoms with E-state index in [4.69, 9.17) is 0 Å². The Hall–Kier alpha value is -3.48. The first-order valence-electron chi connectivity index (χ1n) is 9.03. The normalized spacial score (nSPS) is 10.7. The fourth-order valence-electron chi connectivity index (χ4n) is 3.27. The summed E-state index contributed by atoms with van der Waals surface area (Å²) < 4.78 is 1.88. The summed E-state index contributed by atoms with van der Waals surface area (Å²) in [4.78, 5) is 23.0. The van der Waals surface area contributed by atoms with Crippen LogP contribution in [0.25, 0.3) is 5.69 Å².